The quantitative estimate of drug-likeness (QED) is 0.285. The average molecular weight is 588 g/mol. The normalized spacial score (nSPS) is 17.8. The molecule has 2 aromatic heterocycles. The molecule has 0 radical (unpaired) electrons. The predicted molar refractivity (Wildman–Crippen MR) is 160 cm³/mol. The maximum Gasteiger partial charge on any atom is 0.434 e. The van der Waals surface area contributed by atoms with Gasteiger partial charge >= 0.3 is 6.18 Å². The number of aliphatic imine (C=N–C) groups is 1. The Kier molecular flexibility index (Phi) is 7.64. The lowest BCUT2D eigenvalue weighted by Gasteiger charge is -2.33. The molecule has 1 saturated carbocycles. The van der Waals surface area contributed by atoms with Crippen LogP contribution in [0.4, 0.5) is 18.9 Å². The number of rotatable bonds is 7. The lowest BCUT2D eigenvalue weighted by atomic mass is 9.95. The molecule has 8 nitrogen and oxygen atoms in total. The van der Waals surface area contributed by atoms with Gasteiger partial charge in [-0.25, -0.2) is 15.0 Å². The van der Waals surface area contributed by atoms with Crippen LogP contribution < -0.4 is 15.4 Å². The molecular weight excluding hydrogens is 555 g/mol. The highest BCUT2D eigenvalue weighted by molar-refractivity contribution is 6.08. The highest BCUT2D eigenvalue weighted by Crippen LogP contribution is 2.44. The van der Waals surface area contributed by atoms with Crippen molar-refractivity contribution >= 4 is 17.1 Å². The van der Waals surface area contributed by atoms with Crippen molar-refractivity contribution in [2.75, 3.05) is 25.1 Å². The van der Waals surface area contributed by atoms with E-state index in [0.29, 0.717) is 49.1 Å². The summed E-state index contributed by atoms with van der Waals surface area (Å²) in [4.78, 5) is 20.0. The number of methoxy groups -OCH3 is 1. The number of nitrogens with two attached hydrogens (primary N) is 1. The first kappa shape index (κ1) is 28.4. The Labute approximate surface area is 247 Å². The van der Waals surface area contributed by atoms with Crippen LogP contribution >= 0.6 is 0 Å². The van der Waals surface area contributed by atoms with Gasteiger partial charge in [0.25, 0.3) is 0 Å². The number of hydrogen-bond donors (Lipinski definition) is 1. The summed E-state index contributed by atoms with van der Waals surface area (Å²) >= 11 is 0. The van der Waals surface area contributed by atoms with Gasteiger partial charge in [0.1, 0.15) is 12.2 Å². The van der Waals surface area contributed by atoms with E-state index in [4.69, 9.17) is 15.5 Å². The number of hydrogen-bond acceptors (Lipinski definition) is 7. The Balaban J connectivity index is 1.35. The maximum absolute atomic E-state index is 13.2. The van der Waals surface area contributed by atoms with Crippen LogP contribution in [0.3, 0.4) is 0 Å². The molecule has 0 atom stereocenters. The van der Waals surface area contributed by atoms with E-state index in [-0.39, 0.29) is 5.82 Å². The minimum atomic E-state index is -4.50. The number of imidazole rings is 1. The Bertz CT molecular complexity index is 1670. The smallest absolute Gasteiger partial charge is 0.434 e. The average Bonchev–Trinajstić information content (AvgIpc) is 3.79. The van der Waals surface area contributed by atoms with Crippen LogP contribution in [0.1, 0.15) is 47.7 Å². The van der Waals surface area contributed by atoms with Gasteiger partial charge in [-0.3, -0.25) is 4.99 Å². The molecule has 2 aliphatic rings. The fourth-order valence-electron chi connectivity index (χ4n) is 5.46. The second kappa shape index (κ2) is 11.5. The molecule has 6 rings (SSSR count). The summed E-state index contributed by atoms with van der Waals surface area (Å²) in [5.74, 6) is 1.02. The van der Waals surface area contributed by atoms with E-state index in [1.807, 2.05) is 42.5 Å². The van der Waals surface area contributed by atoms with Gasteiger partial charge in [-0.1, -0.05) is 30.3 Å². The van der Waals surface area contributed by atoms with Crippen molar-refractivity contribution in [2.45, 2.75) is 37.9 Å². The zero-order chi connectivity index (χ0) is 30.1. The molecule has 2 N–H and O–H groups in total. The Morgan fingerprint density at radius 3 is 2.47 bits per heavy atom. The van der Waals surface area contributed by atoms with Crippen LogP contribution in [-0.2, 0) is 19.8 Å². The van der Waals surface area contributed by atoms with E-state index >= 15 is 0 Å². The molecular formula is C32H32F3N7O. The van der Waals surface area contributed by atoms with Crippen LogP contribution in [0.2, 0.25) is 0 Å². The van der Waals surface area contributed by atoms with Gasteiger partial charge in [0.15, 0.2) is 5.69 Å². The molecule has 0 unspecified atom stereocenters. The topological polar surface area (TPSA) is 94.5 Å². The molecule has 222 valence electrons. The minimum absolute atomic E-state index is 0.251. The minimum Gasteiger partial charge on any atom is -0.480 e. The molecule has 1 saturated heterocycles. The molecule has 11 heteroatoms. The van der Waals surface area contributed by atoms with Gasteiger partial charge in [-0.15, -0.1) is 0 Å². The van der Waals surface area contributed by atoms with E-state index in [0.717, 1.165) is 52.8 Å². The van der Waals surface area contributed by atoms with Gasteiger partial charge in [0.2, 0.25) is 5.88 Å². The highest BCUT2D eigenvalue weighted by atomic mass is 19.4. The van der Waals surface area contributed by atoms with Gasteiger partial charge in [0, 0.05) is 61.2 Å². The van der Waals surface area contributed by atoms with Crippen molar-refractivity contribution < 1.29 is 17.9 Å². The van der Waals surface area contributed by atoms with Crippen molar-refractivity contribution in [3.05, 3.63) is 95.2 Å². The Morgan fingerprint density at radius 2 is 1.81 bits per heavy atom. The summed E-state index contributed by atoms with van der Waals surface area (Å²) in [6.07, 6.45) is 0.771. The van der Waals surface area contributed by atoms with E-state index in [1.165, 1.54) is 10.9 Å². The number of nitrogens with zero attached hydrogens (tertiary/aromatic N) is 6. The number of ether oxygens (including phenoxy) is 1. The van der Waals surface area contributed by atoms with Gasteiger partial charge in [0.05, 0.1) is 30.6 Å². The maximum atomic E-state index is 13.2. The molecule has 1 aliphatic carbocycles. The predicted octanol–water partition coefficient (Wildman–Crippen LogP) is 6.00. The van der Waals surface area contributed by atoms with Crippen LogP contribution in [0.15, 0.2) is 77.7 Å². The molecule has 2 fully saturated rings. The third kappa shape index (κ3) is 5.97. The summed E-state index contributed by atoms with van der Waals surface area (Å²) in [6.45, 7) is 1.72. The highest BCUT2D eigenvalue weighted by Gasteiger charge is 2.35. The van der Waals surface area contributed by atoms with Crippen LogP contribution in [-0.4, -0.2) is 45.4 Å². The molecule has 3 heterocycles. The van der Waals surface area contributed by atoms with Crippen molar-refractivity contribution in [3.8, 4) is 17.3 Å². The number of aromatic nitrogens is 4. The number of piperidine rings is 1. The molecule has 0 spiro atoms. The van der Waals surface area contributed by atoms with Crippen LogP contribution in [0, 0.1) is 0 Å². The largest absolute Gasteiger partial charge is 0.480 e. The molecule has 0 amide bonds. The Morgan fingerprint density at radius 1 is 1.07 bits per heavy atom. The monoisotopic (exact) mass is 587 g/mol. The summed E-state index contributed by atoms with van der Waals surface area (Å²) < 4.78 is 46.7. The van der Waals surface area contributed by atoms with E-state index in [1.54, 1.807) is 26.3 Å². The van der Waals surface area contributed by atoms with Gasteiger partial charge in [-0.05, 0) is 42.7 Å². The van der Waals surface area contributed by atoms with Crippen molar-refractivity contribution in [2.24, 2.45) is 17.8 Å². The van der Waals surface area contributed by atoms with Crippen LogP contribution in [0.25, 0.3) is 17.1 Å². The lowest BCUT2D eigenvalue weighted by Crippen LogP contribution is -2.37. The summed E-state index contributed by atoms with van der Waals surface area (Å²) in [5, 5.41) is 0. The zero-order valence-corrected chi connectivity index (χ0v) is 24.0. The molecule has 43 heavy (non-hydrogen) atoms. The second-order valence-corrected chi connectivity index (χ2v) is 10.8. The Hall–Kier alpha value is -4.67. The number of anilines is 1. The van der Waals surface area contributed by atoms with Crippen molar-refractivity contribution in [3.63, 3.8) is 0 Å². The van der Waals surface area contributed by atoms with Gasteiger partial charge in [-0.2, -0.15) is 13.2 Å². The standard InChI is InChI=1S/C32H32F3N7O/c1-41-18-26(32(33,34)35)40-30(41)22-10-12-23(13-11-22)42-15-14-25(37-16-20-6-4-3-5-7-20)24(17-42)28(36)27-29(21-8-9-21)38-19-39-31(27)43-2/h3-7,10-13,18-19,21H,8-9,14-17,36H2,1-2H3/b28-24-,37-25?. The van der Waals surface area contributed by atoms with E-state index < -0.39 is 11.9 Å². The zero-order valence-electron chi connectivity index (χ0n) is 24.0. The molecule has 1 aliphatic heterocycles. The van der Waals surface area contributed by atoms with Crippen molar-refractivity contribution in [1.29, 1.82) is 0 Å². The van der Waals surface area contributed by atoms with E-state index in [9.17, 15) is 13.2 Å². The number of halogens is 3. The fraction of sp³-hybridized carbons (Fsp3) is 0.312. The summed E-state index contributed by atoms with van der Waals surface area (Å²) in [5.41, 5.74) is 12.7. The molecule has 4 aromatic rings. The molecule has 2 aromatic carbocycles. The first-order chi connectivity index (χ1) is 20.7. The SMILES string of the molecule is COc1ncnc(C2CC2)c1/C(N)=C1\CN(c2ccc(-c3nc(C(F)(F)F)cn3C)cc2)CCC1=NCc1ccccc1. The third-order valence-corrected chi connectivity index (χ3v) is 7.86. The molecule has 0 bridgehead atoms. The summed E-state index contributed by atoms with van der Waals surface area (Å²) in [6, 6.07) is 17.5. The van der Waals surface area contributed by atoms with E-state index in [2.05, 4.69) is 19.9 Å². The fourth-order valence-corrected chi connectivity index (χ4v) is 5.46. The lowest BCUT2D eigenvalue weighted by molar-refractivity contribution is -0.140. The third-order valence-electron chi connectivity index (χ3n) is 7.86. The number of alkyl halides is 3. The van der Waals surface area contributed by atoms with Gasteiger partial charge < -0.3 is 19.9 Å². The second-order valence-electron chi connectivity index (χ2n) is 10.8. The number of benzene rings is 2. The van der Waals surface area contributed by atoms with Crippen molar-refractivity contribution in [1.82, 2.24) is 19.5 Å². The first-order valence-electron chi connectivity index (χ1n) is 14.1. The van der Waals surface area contributed by atoms with Crippen LogP contribution in [0.5, 0.6) is 5.88 Å². The first-order valence-corrected chi connectivity index (χ1v) is 14.1. The number of aryl methyl sites for hydroxylation is 1. The summed E-state index contributed by atoms with van der Waals surface area (Å²) in [7, 11) is 3.14.